The fourth-order valence-electron chi connectivity index (χ4n) is 4.51. The van der Waals surface area contributed by atoms with Crippen molar-refractivity contribution in [3.05, 3.63) is 58.7 Å². The van der Waals surface area contributed by atoms with E-state index in [1.54, 1.807) is 12.1 Å². The number of benzene rings is 2. The van der Waals surface area contributed by atoms with Crippen molar-refractivity contribution in [3.63, 3.8) is 0 Å². The molecule has 2 aromatic carbocycles. The molecule has 1 fully saturated rings. The number of hydrogen-bond acceptors (Lipinski definition) is 4. The molecule has 6 heteroatoms. The van der Waals surface area contributed by atoms with Crippen LogP contribution in [0.15, 0.2) is 36.4 Å². The van der Waals surface area contributed by atoms with Gasteiger partial charge in [-0.1, -0.05) is 31.5 Å². The molecule has 0 spiro atoms. The molecule has 1 amide bonds. The van der Waals surface area contributed by atoms with Crippen LogP contribution in [0.2, 0.25) is 0 Å². The lowest BCUT2D eigenvalue weighted by Crippen LogP contribution is -2.34. The first-order valence-corrected chi connectivity index (χ1v) is 12.1. The number of hydrogen-bond donors (Lipinski definition) is 2. The summed E-state index contributed by atoms with van der Waals surface area (Å²) in [4.78, 5) is 26.9. The van der Waals surface area contributed by atoms with Crippen molar-refractivity contribution >= 4 is 17.6 Å². The van der Waals surface area contributed by atoms with Crippen LogP contribution in [-0.4, -0.2) is 36.7 Å². The van der Waals surface area contributed by atoms with Gasteiger partial charge in [-0.2, -0.15) is 0 Å². The maximum absolute atomic E-state index is 13.0. The molecule has 1 saturated heterocycles. The summed E-state index contributed by atoms with van der Waals surface area (Å²) >= 11 is 0. The summed E-state index contributed by atoms with van der Waals surface area (Å²) in [6.45, 7) is 8.52. The number of carbonyl (C=O) groups excluding carboxylic acids is 1. The first kappa shape index (κ1) is 24.6. The van der Waals surface area contributed by atoms with Gasteiger partial charge < -0.3 is 20.1 Å². The van der Waals surface area contributed by atoms with Crippen molar-refractivity contribution in [3.8, 4) is 5.75 Å². The monoisotopic (exact) mass is 452 g/mol. The Morgan fingerprint density at radius 3 is 2.52 bits per heavy atom. The summed E-state index contributed by atoms with van der Waals surface area (Å²) in [5.41, 5.74) is 4.47. The van der Waals surface area contributed by atoms with E-state index in [0.717, 1.165) is 31.5 Å². The number of nitrogens with one attached hydrogen (secondary N) is 1. The van der Waals surface area contributed by atoms with Crippen LogP contribution in [-0.2, 0) is 11.2 Å². The number of piperidine rings is 1. The summed E-state index contributed by atoms with van der Waals surface area (Å²) in [6.07, 6.45) is 5.67. The van der Waals surface area contributed by atoms with Crippen molar-refractivity contribution in [1.29, 1.82) is 0 Å². The van der Waals surface area contributed by atoms with E-state index < -0.39 is 5.97 Å². The van der Waals surface area contributed by atoms with Gasteiger partial charge in [-0.15, -0.1) is 0 Å². The van der Waals surface area contributed by atoms with E-state index in [1.807, 2.05) is 6.92 Å². The van der Waals surface area contributed by atoms with Crippen molar-refractivity contribution in [2.75, 3.05) is 24.6 Å². The number of carbonyl (C=O) groups is 2. The van der Waals surface area contributed by atoms with Crippen LogP contribution < -0.4 is 15.0 Å². The topological polar surface area (TPSA) is 78.9 Å². The number of aryl methyl sites for hydroxylation is 1. The Kier molecular flexibility index (Phi) is 8.75. The Labute approximate surface area is 196 Å². The lowest BCUT2D eigenvalue weighted by Gasteiger charge is -2.33. The molecule has 6 nitrogen and oxygen atoms in total. The predicted octanol–water partition coefficient (Wildman–Crippen LogP) is 5.28. The Bertz CT molecular complexity index is 967. The first-order chi connectivity index (χ1) is 15.9. The zero-order valence-corrected chi connectivity index (χ0v) is 20.0. The van der Waals surface area contributed by atoms with Crippen LogP contribution in [0.1, 0.15) is 79.0 Å². The third-order valence-electron chi connectivity index (χ3n) is 6.11. The lowest BCUT2D eigenvalue weighted by molar-refractivity contribution is -0.121. The maximum Gasteiger partial charge on any atom is 0.339 e. The summed E-state index contributed by atoms with van der Waals surface area (Å²) < 4.78 is 5.49. The fourth-order valence-corrected chi connectivity index (χ4v) is 4.51. The third-order valence-corrected chi connectivity index (χ3v) is 6.11. The Balaban J connectivity index is 1.80. The van der Waals surface area contributed by atoms with Crippen LogP contribution >= 0.6 is 0 Å². The van der Waals surface area contributed by atoms with E-state index in [1.165, 1.54) is 42.1 Å². The summed E-state index contributed by atoms with van der Waals surface area (Å²) in [5.74, 6) is -0.822. The summed E-state index contributed by atoms with van der Waals surface area (Å²) in [6, 6.07) is 11.3. The highest BCUT2D eigenvalue weighted by molar-refractivity contribution is 5.91. The molecule has 0 aromatic heterocycles. The highest BCUT2D eigenvalue weighted by Crippen LogP contribution is 2.32. The molecule has 1 atom stereocenters. The molecule has 33 heavy (non-hydrogen) atoms. The average molecular weight is 453 g/mol. The predicted molar refractivity (Wildman–Crippen MR) is 131 cm³/mol. The van der Waals surface area contributed by atoms with E-state index in [9.17, 15) is 14.7 Å². The first-order valence-electron chi connectivity index (χ1n) is 12.1. The number of nitrogens with zero attached hydrogens (tertiary/aromatic N) is 1. The zero-order chi connectivity index (χ0) is 23.8. The van der Waals surface area contributed by atoms with Gasteiger partial charge in [0.1, 0.15) is 11.3 Å². The van der Waals surface area contributed by atoms with E-state index in [4.69, 9.17) is 4.74 Å². The molecular weight excluding hydrogens is 416 g/mol. The van der Waals surface area contributed by atoms with Crippen molar-refractivity contribution in [2.24, 2.45) is 0 Å². The second-order valence-electron chi connectivity index (χ2n) is 8.76. The molecule has 2 N–H and O–H groups in total. The van der Waals surface area contributed by atoms with Gasteiger partial charge in [-0.05, 0) is 74.4 Å². The summed E-state index contributed by atoms with van der Waals surface area (Å²) in [7, 11) is 0. The molecule has 0 aliphatic carbocycles. The highest BCUT2D eigenvalue weighted by Gasteiger charge is 2.22. The number of anilines is 1. The molecule has 0 bridgehead atoms. The van der Waals surface area contributed by atoms with Crippen LogP contribution in [0.3, 0.4) is 0 Å². The number of amides is 1. The zero-order valence-electron chi connectivity index (χ0n) is 20.0. The van der Waals surface area contributed by atoms with Gasteiger partial charge in [0.2, 0.25) is 5.91 Å². The Morgan fingerprint density at radius 1 is 1.09 bits per heavy atom. The minimum absolute atomic E-state index is 0.0651. The smallest absolute Gasteiger partial charge is 0.339 e. The number of ether oxygens (including phenoxy) is 1. The average Bonchev–Trinajstić information content (AvgIpc) is 2.79. The van der Waals surface area contributed by atoms with Crippen LogP contribution in [0, 0.1) is 6.92 Å². The standard InChI is InChI=1S/C27H36N2O4/c1-4-9-23(21-12-10-19(3)16-24(21)29-14-7-6-8-15-29)28-26(30)18-20-11-13-22(27(31)32)25(17-20)33-5-2/h10-13,16-17,23H,4-9,14-15,18H2,1-3H3,(H,28,30)(H,31,32). The molecule has 1 heterocycles. The molecule has 2 aromatic rings. The van der Waals surface area contributed by atoms with Crippen LogP contribution in [0.5, 0.6) is 5.75 Å². The molecule has 0 saturated carbocycles. The van der Waals surface area contributed by atoms with E-state index in [2.05, 4.69) is 42.3 Å². The van der Waals surface area contributed by atoms with Gasteiger partial charge >= 0.3 is 5.97 Å². The number of carboxylic acids is 1. The van der Waals surface area contributed by atoms with Crippen molar-refractivity contribution in [2.45, 2.75) is 65.3 Å². The second kappa shape index (κ2) is 11.7. The SMILES string of the molecule is CCCC(NC(=O)Cc1ccc(C(=O)O)c(OCC)c1)c1ccc(C)cc1N1CCCCC1. The van der Waals surface area contributed by atoms with Gasteiger partial charge in [0.15, 0.2) is 0 Å². The molecular formula is C27H36N2O4. The Hall–Kier alpha value is -3.02. The van der Waals surface area contributed by atoms with E-state index >= 15 is 0 Å². The maximum atomic E-state index is 13.0. The quantitative estimate of drug-likeness (QED) is 0.513. The molecule has 1 aliphatic rings. The minimum Gasteiger partial charge on any atom is -0.493 e. The number of rotatable bonds is 10. The van der Waals surface area contributed by atoms with Gasteiger partial charge in [0.05, 0.1) is 19.1 Å². The van der Waals surface area contributed by atoms with Gasteiger partial charge in [0, 0.05) is 18.8 Å². The van der Waals surface area contributed by atoms with Crippen LogP contribution in [0.4, 0.5) is 5.69 Å². The molecule has 1 aliphatic heterocycles. The summed E-state index contributed by atoms with van der Waals surface area (Å²) in [5, 5.41) is 12.6. The highest BCUT2D eigenvalue weighted by atomic mass is 16.5. The van der Waals surface area contributed by atoms with Crippen LogP contribution in [0.25, 0.3) is 0 Å². The molecule has 3 rings (SSSR count). The van der Waals surface area contributed by atoms with Gasteiger partial charge in [-0.3, -0.25) is 4.79 Å². The van der Waals surface area contributed by atoms with Crippen molar-refractivity contribution in [1.82, 2.24) is 5.32 Å². The van der Waals surface area contributed by atoms with E-state index in [-0.39, 0.29) is 23.9 Å². The fraction of sp³-hybridized carbons (Fsp3) is 0.481. The van der Waals surface area contributed by atoms with E-state index in [0.29, 0.717) is 12.4 Å². The minimum atomic E-state index is -1.04. The Morgan fingerprint density at radius 2 is 1.85 bits per heavy atom. The third kappa shape index (κ3) is 6.50. The molecule has 0 radical (unpaired) electrons. The number of aromatic carboxylic acids is 1. The molecule has 1 unspecified atom stereocenters. The lowest BCUT2D eigenvalue weighted by atomic mass is 9.96. The van der Waals surface area contributed by atoms with Gasteiger partial charge in [0.25, 0.3) is 0 Å². The largest absolute Gasteiger partial charge is 0.493 e. The van der Waals surface area contributed by atoms with Crippen molar-refractivity contribution < 1.29 is 19.4 Å². The number of carboxylic acid groups (broad SMARTS) is 1. The normalized spacial score (nSPS) is 14.6. The van der Waals surface area contributed by atoms with Gasteiger partial charge in [-0.25, -0.2) is 4.79 Å². The second-order valence-corrected chi connectivity index (χ2v) is 8.76. The molecule has 178 valence electrons.